The normalized spacial score (nSPS) is 45.7. The van der Waals surface area contributed by atoms with Crippen molar-refractivity contribution in [3.8, 4) is 5.75 Å². The molecule has 9 aliphatic rings. The summed E-state index contributed by atoms with van der Waals surface area (Å²) in [5.74, 6) is 3.95. The Morgan fingerprint density at radius 2 is 0.839 bits per heavy atom. The molecule has 2 aromatic carbocycles. The molecule has 8 bridgehead atoms. The van der Waals surface area contributed by atoms with Crippen LogP contribution in [0.4, 0.5) is 0 Å². The molecule has 56 heavy (non-hydrogen) atoms. The minimum absolute atomic E-state index is 0. The van der Waals surface area contributed by atoms with Crippen LogP contribution in [0.5, 0.6) is 5.75 Å². The standard InChI is InChI=1S/C42H62N8O3S.Cu.Na.H/c51-54(52,53-32-21-9-12-23-11-1-2-13-24(23)32)33-22-10-20-31-34(33)42-49-40-30-19-8-7-18-29(30)38(47-40)45-36-26-15-4-3-14-25(26)35(43-36)44-37-27-16-5-6-17-28(27)39(46-37)48-41(31)50-42;;;/h1-2,9,11-13,21,25-31,33-50H,3-8,10,14-20,22H2;;;/q;;+1;-1. The monoisotopic (exact) mass is 845 g/mol. The summed E-state index contributed by atoms with van der Waals surface area (Å²) in [4.78, 5) is 0. The van der Waals surface area contributed by atoms with Gasteiger partial charge in [-0.05, 0) is 104 Å². The minimum Gasteiger partial charge on any atom is -1.00 e. The van der Waals surface area contributed by atoms with Gasteiger partial charge in [0.05, 0.1) is 49.3 Å². The van der Waals surface area contributed by atoms with Crippen LogP contribution in [0.2, 0.25) is 0 Å². The third-order valence-corrected chi connectivity index (χ3v) is 17.9. The Kier molecular flexibility index (Phi) is 12.3. The summed E-state index contributed by atoms with van der Waals surface area (Å²) in [5.41, 5.74) is 0. The molecule has 17 atom stereocenters. The Morgan fingerprint density at radius 1 is 0.464 bits per heavy atom. The zero-order valence-electron chi connectivity index (χ0n) is 33.9. The summed E-state index contributed by atoms with van der Waals surface area (Å²) < 4.78 is 35.5. The van der Waals surface area contributed by atoms with E-state index < -0.39 is 15.4 Å². The van der Waals surface area contributed by atoms with Crippen molar-refractivity contribution in [3.63, 3.8) is 0 Å². The zero-order chi connectivity index (χ0) is 36.0. The molecule has 5 heterocycles. The van der Waals surface area contributed by atoms with Gasteiger partial charge < -0.3 is 5.61 Å². The van der Waals surface area contributed by atoms with Gasteiger partial charge in [0, 0.05) is 28.4 Å². The van der Waals surface area contributed by atoms with E-state index in [1.54, 1.807) is 0 Å². The maximum Gasteiger partial charge on any atom is 1.00 e. The smallest absolute Gasteiger partial charge is 1.00 e. The predicted octanol–water partition coefficient (Wildman–Crippen LogP) is 1.26. The van der Waals surface area contributed by atoms with E-state index >= 15 is 0 Å². The van der Waals surface area contributed by atoms with Gasteiger partial charge in [0.1, 0.15) is 11.0 Å². The van der Waals surface area contributed by atoms with E-state index in [2.05, 4.69) is 42.5 Å². The van der Waals surface area contributed by atoms with E-state index in [4.69, 9.17) is 4.18 Å². The van der Waals surface area contributed by atoms with Crippen LogP contribution in [0.3, 0.4) is 0 Å². The van der Waals surface area contributed by atoms with Crippen LogP contribution in [-0.2, 0) is 27.2 Å². The van der Waals surface area contributed by atoms with Gasteiger partial charge in [-0.2, -0.15) is 8.42 Å². The third-order valence-electron chi connectivity index (χ3n) is 16.2. The molecule has 4 aliphatic carbocycles. The number of hydrogen-bond donors (Lipinski definition) is 8. The Bertz CT molecular complexity index is 1810. The van der Waals surface area contributed by atoms with Crippen LogP contribution in [0.1, 0.15) is 97.7 Å². The van der Waals surface area contributed by atoms with Crippen molar-refractivity contribution < 1.29 is 60.7 Å². The van der Waals surface area contributed by atoms with Crippen LogP contribution in [0.25, 0.3) is 10.8 Å². The second kappa shape index (κ2) is 16.8. The van der Waals surface area contributed by atoms with Crippen LogP contribution < -0.4 is 76.3 Å². The first-order chi connectivity index (χ1) is 26.5. The average molecular weight is 847 g/mol. The molecule has 11 nitrogen and oxygen atoms in total. The molecule has 307 valence electrons. The van der Waals surface area contributed by atoms with E-state index in [1.165, 1.54) is 77.0 Å². The second-order valence-corrected chi connectivity index (χ2v) is 20.5. The van der Waals surface area contributed by atoms with Gasteiger partial charge in [-0.1, -0.05) is 81.3 Å². The van der Waals surface area contributed by atoms with Crippen molar-refractivity contribution in [3.05, 3.63) is 42.5 Å². The Balaban J connectivity index is 0.00000152. The van der Waals surface area contributed by atoms with Gasteiger partial charge in [0.25, 0.3) is 0 Å². The average Bonchev–Trinajstić information content (AvgIpc) is 3.94. The summed E-state index contributed by atoms with van der Waals surface area (Å²) in [6, 6.07) is 13.6. The number of nitrogens with one attached hydrogen (secondary N) is 8. The van der Waals surface area contributed by atoms with Crippen molar-refractivity contribution in [1.82, 2.24) is 42.5 Å². The van der Waals surface area contributed by atoms with Gasteiger partial charge in [-0.3, -0.25) is 42.5 Å². The zero-order valence-corrected chi connectivity index (χ0v) is 36.7. The first kappa shape index (κ1) is 41.0. The first-order valence-corrected chi connectivity index (χ1v) is 23.5. The van der Waals surface area contributed by atoms with Gasteiger partial charge >= 0.3 is 39.7 Å². The van der Waals surface area contributed by atoms with Crippen molar-refractivity contribution in [1.29, 1.82) is 0 Å². The van der Waals surface area contributed by atoms with Crippen LogP contribution in [-0.4, -0.2) is 63.0 Å². The maximum atomic E-state index is 14.7. The van der Waals surface area contributed by atoms with Crippen molar-refractivity contribution in [2.45, 2.75) is 151 Å². The van der Waals surface area contributed by atoms with E-state index in [9.17, 15) is 8.42 Å². The SMILES string of the molecule is O=S(=O)(Oc1cccc2ccccc12)C1CCCC2C3NC4NC(NC5NC(NC6NC(NC(N3)C21)C1CCCCC61)C1CCCCC51)C1CCCCC41.[Cu].[H-].[Na+]. The van der Waals surface area contributed by atoms with Crippen molar-refractivity contribution in [2.75, 3.05) is 0 Å². The summed E-state index contributed by atoms with van der Waals surface area (Å²) in [7, 11) is -3.96. The summed E-state index contributed by atoms with van der Waals surface area (Å²) in [5, 5.41) is 34.4. The summed E-state index contributed by atoms with van der Waals surface area (Å²) in [6.45, 7) is 0. The molecule has 2 aromatic rings. The molecule has 1 radical (unpaired) electrons. The van der Waals surface area contributed by atoms with E-state index in [0.717, 1.165) is 23.6 Å². The van der Waals surface area contributed by atoms with Crippen LogP contribution >= 0.6 is 0 Å². The van der Waals surface area contributed by atoms with Crippen LogP contribution in [0, 0.1) is 47.3 Å². The van der Waals surface area contributed by atoms with Crippen molar-refractivity contribution in [2.24, 2.45) is 47.3 Å². The molecule has 11 rings (SSSR count). The molecule has 0 spiro atoms. The molecule has 17 unspecified atom stereocenters. The first-order valence-electron chi connectivity index (χ1n) is 22.0. The van der Waals surface area contributed by atoms with Gasteiger partial charge in [0.2, 0.25) is 0 Å². The molecular formula is C42H63CuN8NaO3S. The second-order valence-electron chi connectivity index (χ2n) is 18.8. The summed E-state index contributed by atoms with van der Waals surface area (Å²) in [6.07, 6.45) is 19.0. The Morgan fingerprint density at radius 3 is 1.30 bits per heavy atom. The van der Waals surface area contributed by atoms with E-state index in [-0.39, 0.29) is 103 Å². The molecule has 8 N–H and O–H groups in total. The molecule has 5 saturated heterocycles. The molecule has 14 heteroatoms. The number of benzene rings is 2. The third kappa shape index (κ3) is 7.31. The van der Waals surface area contributed by atoms with E-state index in [1.807, 2.05) is 42.5 Å². The Labute approximate surface area is 368 Å². The van der Waals surface area contributed by atoms with Gasteiger partial charge in [-0.15, -0.1) is 0 Å². The van der Waals surface area contributed by atoms with Gasteiger partial charge in [0.15, 0.2) is 0 Å². The molecular weight excluding hydrogens is 783 g/mol. The molecule has 0 amide bonds. The maximum absolute atomic E-state index is 14.7. The largest absolute Gasteiger partial charge is 1.00 e. The molecule has 0 aromatic heterocycles. The topological polar surface area (TPSA) is 140 Å². The molecule has 4 saturated carbocycles. The van der Waals surface area contributed by atoms with Gasteiger partial charge in [-0.25, -0.2) is 0 Å². The number of hydrogen-bond acceptors (Lipinski definition) is 11. The molecule has 9 fully saturated rings. The fourth-order valence-electron chi connectivity index (χ4n) is 13.8. The van der Waals surface area contributed by atoms with E-state index in [0.29, 0.717) is 53.8 Å². The number of fused-ring (bicyclic) bond motifs is 21. The fourth-order valence-corrected chi connectivity index (χ4v) is 15.5. The van der Waals surface area contributed by atoms with Crippen molar-refractivity contribution >= 4 is 20.9 Å². The number of rotatable bonds is 3. The quantitative estimate of drug-likeness (QED) is 0.168. The Hall–Kier alpha value is -0.351. The predicted molar refractivity (Wildman–Crippen MR) is 211 cm³/mol. The molecule has 5 aliphatic heterocycles. The minimum atomic E-state index is -3.96. The fraction of sp³-hybridized carbons (Fsp3) is 0.762. The van der Waals surface area contributed by atoms with Crippen LogP contribution in [0.15, 0.2) is 42.5 Å². The summed E-state index contributed by atoms with van der Waals surface area (Å²) >= 11 is 0.